The lowest BCUT2D eigenvalue weighted by Crippen LogP contribution is -2.23. The third-order valence-corrected chi connectivity index (χ3v) is 4.94. The molecule has 1 atom stereocenters. The lowest BCUT2D eigenvalue weighted by atomic mass is 10.1. The van der Waals surface area contributed by atoms with Gasteiger partial charge >= 0.3 is 0 Å². The molecule has 1 N–H and O–H groups in total. The Labute approximate surface area is 145 Å². The van der Waals surface area contributed by atoms with Crippen LogP contribution in [-0.2, 0) is 19.6 Å². The number of aliphatic hydroxyl groups excluding tert-OH is 1. The van der Waals surface area contributed by atoms with Gasteiger partial charge < -0.3 is 14.3 Å². The van der Waals surface area contributed by atoms with Crippen molar-refractivity contribution in [2.24, 2.45) is 5.92 Å². The van der Waals surface area contributed by atoms with E-state index < -0.39 is 6.10 Å². The Morgan fingerprint density at radius 1 is 1.40 bits per heavy atom. The summed E-state index contributed by atoms with van der Waals surface area (Å²) in [5.41, 5.74) is 1.72. The number of ether oxygens (including phenoxy) is 1. The zero-order valence-corrected chi connectivity index (χ0v) is 14.4. The number of aliphatic hydroxyl groups is 1. The third-order valence-electron chi connectivity index (χ3n) is 4.94. The number of hydrogen-bond donors (Lipinski definition) is 1. The average molecular weight is 345 g/mol. The van der Waals surface area contributed by atoms with Crippen molar-refractivity contribution in [3.63, 3.8) is 0 Å². The topological polar surface area (TPSA) is 80.7 Å². The largest absolute Gasteiger partial charge is 0.490 e. The van der Waals surface area contributed by atoms with Gasteiger partial charge in [-0.3, -0.25) is 14.4 Å². The Morgan fingerprint density at radius 2 is 2.24 bits per heavy atom. The average Bonchev–Trinajstić information content (AvgIpc) is 3.39. The van der Waals surface area contributed by atoms with Crippen molar-refractivity contribution in [2.45, 2.75) is 45.0 Å². The lowest BCUT2D eigenvalue weighted by Gasteiger charge is -2.18. The molecule has 1 saturated carbocycles. The minimum Gasteiger partial charge on any atom is -0.490 e. The Kier molecular flexibility index (Phi) is 4.35. The van der Waals surface area contributed by atoms with Gasteiger partial charge in [0.05, 0.1) is 25.0 Å². The van der Waals surface area contributed by atoms with E-state index in [-0.39, 0.29) is 11.2 Å². The number of nitrogens with zero attached hydrogens (tertiary/aromatic N) is 3. The fraction of sp³-hybridized carbons (Fsp3) is 0.556. The molecule has 7 nitrogen and oxygen atoms in total. The van der Waals surface area contributed by atoms with Crippen LogP contribution in [0.3, 0.4) is 0 Å². The van der Waals surface area contributed by atoms with Crippen molar-refractivity contribution in [1.29, 1.82) is 0 Å². The molecule has 0 radical (unpaired) electrons. The highest BCUT2D eigenvalue weighted by atomic mass is 16.5. The zero-order chi connectivity index (χ0) is 17.4. The van der Waals surface area contributed by atoms with Crippen molar-refractivity contribution in [1.82, 2.24) is 14.7 Å². The summed E-state index contributed by atoms with van der Waals surface area (Å²) in [6, 6.07) is 3.51. The van der Waals surface area contributed by atoms with Crippen LogP contribution in [0.5, 0.6) is 5.75 Å². The summed E-state index contributed by atoms with van der Waals surface area (Å²) in [7, 11) is 1.45. The third kappa shape index (κ3) is 3.48. The van der Waals surface area contributed by atoms with Gasteiger partial charge in [0.15, 0.2) is 0 Å². The van der Waals surface area contributed by atoms with Crippen LogP contribution in [0.4, 0.5) is 0 Å². The smallest absolute Gasteiger partial charge is 0.227 e. The van der Waals surface area contributed by atoms with Crippen LogP contribution in [-0.4, -0.2) is 33.4 Å². The van der Waals surface area contributed by atoms with E-state index in [0.717, 1.165) is 50.3 Å². The SMILES string of the molecule is COc1coc(CN2CCCn3nc([C@@H](O)C4CC4)cc3C2)cc1=O. The van der Waals surface area contributed by atoms with E-state index in [0.29, 0.717) is 18.2 Å². The molecule has 0 aromatic carbocycles. The molecular formula is C18H23N3O4. The molecular weight excluding hydrogens is 322 g/mol. The van der Waals surface area contributed by atoms with Crippen LogP contribution >= 0.6 is 0 Å². The predicted octanol–water partition coefficient (Wildman–Crippen LogP) is 1.69. The van der Waals surface area contributed by atoms with Crippen LogP contribution in [0.1, 0.15) is 42.5 Å². The number of fused-ring (bicyclic) bond motifs is 1. The number of rotatable bonds is 5. The zero-order valence-electron chi connectivity index (χ0n) is 14.4. The summed E-state index contributed by atoms with van der Waals surface area (Å²) in [4.78, 5) is 14.1. The highest BCUT2D eigenvalue weighted by molar-refractivity contribution is 5.18. The van der Waals surface area contributed by atoms with Crippen molar-refractivity contribution in [3.05, 3.63) is 45.8 Å². The van der Waals surface area contributed by atoms with Crippen molar-refractivity contribution < 1.29 is 14.3 Å². The van der Waals surface area contributed by atoms with E-state index in [9.17, 15) is 9.90 Å². The van der Waals surface area contributed by atoms with Crippen LogP contribution in [0.15, 0.2) is 27.6 Å². The molecule has 3 heterocycles. The van der Waals surface area contributed by atoms with E-state index in [1.165, 1.54) is 19.4 Å². The molecule has 25 heavy (non-hydrogen) atoms. The van der Waals surface area contributed by atoms with Crippen molar-refractivity contribution in [3.8, 4) is 5.75 Å². The summed E-state index contributed by atoms with van der Waals surface area (Å²) in [5, 5.41) is 14.9. The molecule has 0 spiro atoms. The van der Waals surface area contributed by atoms with Crippen LogP contribution in [0.2, 0.25) is 0 Å². The van der Waals surface area contributed by atoms with Crippen molar-refractivity contribution in [2.75, 3.05) is 13.7 Å². The van der Waals surface area contributed by atoms with Gasteiger partial charge in [0.25, 0.3) is 0 Å². The van der Waals surface area contributed by atoms with Gasteiger partial charge in [-0.15, -0.1) is 0 Å². The fourth-order valence-corrected chi connectivity index (χ4v) is 3.37. The first-order valence-corrected chi connectivity index (χ1v) is 8.77. The van der Waals surface area contributed by atoms with Crippen molar-refractivity contribution >= 4 is 0 Å². The van der Waals surface area contributed by atoms with Gasteiger partial charge in [-0.2, -0.15) is 5.10 Å². The molecule has 1 aliphatic heterocycles. The molecule has 4 rings (SSSR count). The monoisotopic (exact) mass is 345 g/mol. The molecule has 134 valence electrons. The summed E-state index contributed by atoms with van der Waals surface area (Å²) < 4.78 is 12.5. The minimum atomic E-state index is -0.438. The van der Waals surface area contributed by atoms with E-state index in [2.05, 4.69) is 10.00 Å². The molecule has 0 amide bonds. The fourth-order valence-electron chi connectivity index (χ4n) is 3.37. The minimum absolute atomic E-state index is 0.168. The molecule has 2 aromatic heterocycles. The van der Waals surface area contributed by atoms with Gasteiger partial charge in [0.1, 0.15) is 18.1 Å². The first kappa shape index (κ1) is 16.4. The summed E-state index contributed by atoms with van der Waals surface area (Å²) in [6.07, 6.45) is 4.07. The van der Waals surface area contributed by atoms with Gasteiger partial charge in [-0.1, -0.05) is 0 Å². The number of aromatic nitrogens is 2. The van der Waals surface area contributed by atoms with Gasteiger partial charge in [0, 0.05) is 25.7 Å². The summed E-state index contributed by atoms with van der Waals surface area (Å²) >= 11 is 0. The van der Waals surface area contributed by atoms with E-state index in [1.54, 1.807) is 0 Å². The maximum Gasteiger partial charge on any atom is 0.227 e. The Hall–Kier alpha value is -2.12. The van der Waals surface area contributed by atoms with Crippen LogP contribution in [0, 0.1) is 5.92 Å². The standard InChI is InChI=1S/C18H23N3O4/c1-24-17-11-25-14(8-16(17)22)10-20-5-2-6-21-13(9-20)7-15(19-21)18(23)12-3-4-12/h7-8,11-12,18,23H,2-6,9-10H2,1H3/t18-/m0/s1. The Balaban J connectivity index is 1.49. The number of hydrogen-bond acceptors (Lipinski definition) is 6. The van der Waals surface area contributed by atoms with E-state index >= 15 is 0 Å². The molecule has 0 saturated heterocycles. The van der Waals surface area contributed by atoms with Crippen LogP contribution in [0.25, 0.3) is 0 Å². The molecule has 0 unspecified atom stereocenters. The molecule has 2 aromatic rings. The number of aryl methyl sites for hydroxylation is 1. The first-order chi connectivity index (χ1) is 12.1. The quantitative estimate of drug-likeness (QED) is 0.888. The highest BCUT2D eigenvalue weighted by Gasteiger charge is 2.33. The predicted molar refractivity (Wildman–Crippen MR) is 90.2 cm³/mol. The molecule has 2 aliphatic rings. The second kappa shape index (κ2) is 6.65. The maximum absolute atomic E-state index is 11.9. The van der Waals surface area contributed by atoms with E-state index in [4.69, 9.17) is 9.15 Å². The Bertz CT molecular complexity index is 809. The van der Waals surface area contributed by atoms with Gasteiger partial charge in [-0.25, -0.2) is 0 Å². The first-order valence-electron chi connectivity index (χ1n) is 8.77. The molecule has 7 heteroatoms. The van der Waals surface area contributed by atoms with E-state index in [1.807, 2.05) is 10.7 Å². The number of methoxy groups -OCH3 is 1. The van der Waals surface area contributed by atoms with Gasteiger partial charge in [0.2, 0.25) is 11.2 Å². The molecule has 1 aliphatic carbocycles. The summed E-state index contributed by atoms with van der Waals surface area (Å²) in [6.45, 7) is 3.03. The second-order valence-electron chi connectivity index (χ2n) is 6.91. The lowest BCUT2D eigenvalue weighted by molar-refractivity contribution is 0.148. The summed E-state index contributed by atoms with van der Waals surface area (Å²) in [5.74, 6) is 1.22. The molecule has 1 fully saturated rings. The Morgan fingerprint density at radius 3 is 2.96 bits per heavy atom. The maximum atomic E-state index is 11.9. The second-order valence-corrected chi connectivity index (χ2v) is 6.91. The highest BCUT2D eigenvalue weighted by Crippen LogP contribution is 2.40. The normalized spacial score (nSPS) is 19.3. The van der Waals surface area contributed by atoms with Gasteiger partial charge in [-0.05, 0) is 31.2 Å². The molecule has 0 bridgehead atoms. The van der Waals surface area contributed by atoms with Crippen LogP contribution < -0.4 is 10.2 Å².